The summed E-state index contributed by atoms with van der Waals surface area (Å²) in [6.45, 7) is 6.13. The van der Waals surface area contributed by atoms with Crippen LogP contribution >= 0.6 is 0 Å². The molecule has 0 unspecified atom stereocenters. The Morgan fingerprint density at radius 1 is 1.00 bits per heavy atom. The molecule has 12 heavy (non-hydrogen) atoms. The van der Waals surface area contributed by atoms with Gasteiger partial charge in [-0.2, -0.15) is 0 Å². The lowest BCUT2D eigenvalue weighted by Gasteiger charge is -2.33. The van der Waals surface area contributed by atoms with Crippen LogP contribution in [0.1, 0.15) is 0 Å². The fourth-order valence-corrected chi connectivity index (χ4v) is 1.54. The van der Waals surface area contributed by atoms with E-state index in [4.69, 9.17) is 5.73 Å². The number of alkyl halides is 1. The van der Waals surface area contributed by atoms with Gasteiger partial charge < -0.3 is 5.73 Å². The van der Waals surface area contributed by atoms with Crippen molar-refractivity contribution >= 4 is 0 Å². The molecule has 0 saturated carbocycles. The van der Waals surface area contributed by atoms with Crippen molar-refractivity contribution < 1.29 is 4.39 Å². The summed E-state index contributed by atoms with van der Waals surface area (Å²) in [4.78, 5) is 4.49. The number of hydrogen-bond acceptors (Lipinski definition) is 3. The van der Waals surface area contributed by atoms with Gasteiger partial charge in [0, 0.05) is 45.8 Å². The van der Waals surface area contributed by atoms with E-state index in [1.807, 2.05) is 0 Å². The van der Waals surface area contributed by atoms with Crippen molar-refractivity contribution in [2.45, 2.75) is 0 Å². The molecule has 1 heterocycles. The molecule has 0 aliphatic carbocycles. The van der Waals surface area contributed by atoms with Crippen LogP contribution in [0.25, 0.3) is 0 Å². The zero-order chi connectivity index (χ0) is 8.81. The van der Waals surface area contributed by atoms with Crippen molar-refractivity contribution in [3.05, 3.63) is 0 Å². The molecule has 1 rings (SSSR count). The first-order chi connectivity index (χ1) is 5.86. The van der Waals surface area contributed by atoms with Gasteiger partial charge >= 0.3 is 0 Å². The van der Waals surface area contributed by atoms with Crippen molar-refractivity contribution in [1.82, 2.24) is 9.80 Å². The molecule has 0 aromatic carbocycles. The van der Waals surface area contributed by atoms with Crippen molar-refractivity contribution in [3.8, 4) is 0 Å². The van der Waals surface area contributed by atoms with E-state index in [0.717, 1.165) is 39.3 Å². The number of halogens is 1. The lowest BCUT2D eigenvalue weighted by Crippen LogP contribution is -2.48. The van der Waals surface area contributed by atoms with Gasteiger partial charge in [0.1, 0.15) is 6.67 Å². The average molecular weight is 175 g/mol. The summed E-state index contributed by atoms with van der Waals surface area (Å²) in [6, 6.07) is 0. The minimum absolute atomic E-state index is 0.225. The Morgan fingerprint density at radius 3 is 1.92 bits per heavy atom. The molecule has 2 N–H and O–H groups in total. The molecule has 0 aromatic heterocycles. The van der Waals surface area contributed by atoms with E-state index in [-0.39, 0.29) is 6.67 Å². The molecule has 0 spiro atoms. The molecular weight excluding hydrogens is 157 g/mol. The lowest BCUT2D eigenvalue weighted by atomic mass is 10.3. The molecule has 1 saturated heterocycles. The van der Waals surface area contributed by atoms with E-state index in [1.165, 1.54) is 0 Å². The monoisotopic (exact) mass is 175 g/mol. The van der Waals surface area contributed by atoms with E-state index in [0.29, 0.717) is 6.54 Å². The first kappa shape index (κ1) is 9.89. The second-order valence-electron chi connectivity index (χ2n) is 3.16. The molecule has 0 aromatic rings. The number of nitrogens with two attached hydrogens (primary N) is 1. The zero-order valence-corrected chi connectivity index (χ0v) is 7.51. The Kier molecular flexibility index (Phi) is 4.50. The van der Waals surface area contributed by atoms with Gasteiger partial charge in [-0.1, -0.05) is 0 Å². The molecule has 1 aliphatic rings. The first-order valence-electron chi connectivity index (χ1n) is 4.57. The second-order valence-corrected chi connectivity index (χ2v) is 3.16. The third-order valence-electron chi connectivity index (χ3n) is 2.31. The maximum absolute atomic E-state index is 11.9. The van der Waals surface area contributed by atoms with Gasteiger partial charge in [0.05, 0.1) is 0 Å². The number of piperazine rings is 1. The smallest absolute Gasteiger partial charge is 0.102 e. The van der Waals surface area contributed by atoms with Gasteiger partial charge in [-0.15, -0.1) is 0 Å². The van der Waals surface area contributed by atoms with Gasteiger partial charge in [-0.05, 0) is 0 Å². The molecule has 4 heteroatoms. The van der Waals surface area contributed by atoms with Crippen LogP contribution in [0.15, 0.2) is 0 Å². The fourth-order valence-electron chi connectivity index (χ4n) is 1.54. The van der Waals surface area contributed by atoms with Crippen molar-refractivity contribution in [1.29, 1.82) is 0 Å². The van der Waals surface area contributed by atoms with Crippen molar-refractivity contribution in [2.75, 3.05) is 52.5 Å². The topological polar surface area (TPSA) is 32.5 Å². The van der Waals surface area contributed by atoms with Crippen LogP contribution in [-0.2, 0) is 0 Å². The van der Waals surface area contributed by atoms with Crippen LogP contribution in [0.5, 0.6) is 0 Å². The number of hydrogen-bond donors (Lipinski definition) is 1. The minimum atomic E-state index is -0.225. The molecule has 0 atom stereocenters. The van der Waals surface area contributed by atoms with Crippen LogP contribution in [0.3, 0.4) is 0 Å². The van der Waals surface area contributed by atoms with Gasteiger partial charge in [0.2, 0.25) is 0 Å². The van der Waals surface area contributed by atoms with Crippen LogP contribution in [0.2, 0.25) is 0 Å². The molecule has 3 nitrogen and oxygen atoms in total. The fraction of sp³-hybridized carbons (Fsp3) is 1.00. The summed E-state index contributed by atoms with van der Waals surface area (Å²) in [6.07, 6.45) is 0. The highest BCUT2D eigenvalue weighted by atomic mass is 19.1. The average Bonchev–Trinajstić information content (AvgIpc) is 2.09. The van der Waals surface area contributed by atoms with Crippen LogP contribution in [0, 0.1) is 0 Å². The third kappa shape index (κ3) is 3.05. The summed E-state index contributed by atoms with van der Waals surface area (Å²) < 4.78 is 11.9. The van der Waals surface area contributed by atoms with Gasteiger partial charge in [0.25, 0.3) is 0 Å². The number of nitrogens with zero attached hydrogens (tertiary/aromatic N) is 2. The van der Waals surface area contributed by atoms with E-state index in [2.05, 4.69) is 9.80 Å². The largest absolute Gasteiger partial charge is 0.329 e. The quantitative estimate of drug-likeness (QED) is 0.627. The van der Waals surface area contributed by atoms with E-state index in [1.54, 1.807) is 0 Å². The summed E-state index contributed by atoms with van der Waals surface area (Å²) in [5.41, 5.74) is 5.44. The SMILES string of the molecule is NCCN1CCN(CCF)CC1. The Bertz CT molecular complexity index is 98.9. The van der Waals surface area contributed by atoms with Crippen LogP contribution in [0.4, 0.5) is 4.39 Å². The Morgan fingerprint density at radius 2 is 1.50 bits per heavy atom. The van der Waals surface area contributed by atoms with Crippen molar-refractivity contribution in [2.24, 2.45) is 5.73 Å². The Balaban J connectivity index is 2.11. The van der Waals surface area contributed by atoms with Crippen LogP contribution < -0.4 is 5.73 Å². The molecule has 0 amide bonds. The lowest BCUT2D eigenvalue weighted by molar-refractivity contribution is 0.129. The summed E-state index contributed by atoms with van der Waals surface area (Å²) in [5, 5.41) is 0. The van der Waals surface area contributed by atoms with E-state index in [9.17, 15) is 4.39 Å². The van der Waals surface area contributed by atoms with E-state index < -0.39 is 0 Å². The Hall–Kier alpha value is -0.190. The number of rotatable bonds is 4. The molecule has 0 radical (unpaired) electrons. The highest BCUT2D eigenvalue weighted by molar-refractivity contribution is 4.71. The predicted octanol–water partition coefficient (Wildman–Crippen LogP) is -0.468. The second kappa shape index (κ2) is 5.45. The molecule has 72 valence electrons. The Labute approximate surface area is 73.3 Å². The predicted molar refractivity (Wildman–Crippen MR) is 47.9 cm³/mol. The summed E-state index contributed by atoms with van der Waals surface area (Å²) in [7, 11) is 0. The third-order valence-corrected chi connectivity index (χ3v) is 2.31. The minimum Gasteiger partial charge on any atom is -0.329 e. The standard InChI is InChI=1S/C8H18FN3/c9-1-3-11-5-7-12(4-2-10)8-6-11/h1-8,10H2. The maximum Gasteiger partial charge on any atom is 0.102 e. The van der Waals surface area contributed by atoms with Crippen molar-refractivity contribution in [3.63, 3.8) is 0 Å². The van der Waals surface area contributed by atoms with E-state index >= 15 is 0 Å². The zero-order valence-electron chi connectivity index (χ0n) is 7.51. The molecule has 0 bridgehead atoms. The van der Waals surface area contributed by atoms with Gasteiger partial charge in [-0.3, -0.25) is 9.80 Å². The maximum atomic E-state index is 11.9. The highest BCUT2D eigenvalue weighted by Gasteiger charge is 2.14. The first-order valence-corrected chi connectivity index (χ1v) is 4.57. The van der Waals surface area contributed by atoms with Gasteiger partial charge in [-0.25, -0.2) is 4.39 Å². The highest BCUT2D eigenvalue weighted by Crippen LogP contribution is 1.99. The molecule has 1 aliphatic heterocycles. The normalized spacial score (nSPS) is 21.5. The summed E-state index contributed by atoms with van der Waals surface area (Å²) >= 11 is 0. The summed E-state index contributed by atoms with van der Waals surface area (Å²) in [5.74, 6) is 0. The van der Waals surface area contributed by atoms with Crippen LogP contribution in [-0.4, -0.2) is 62.3 Å². The molecule has 1 fully saturated rings. The molecular formula is C8H18FN3. The van der Waals surface area contributed by atoms with Gasteiger partial charge in [0.15, 0.2) is 0 Å².